The topological polar surface area (TPSA) is 72.8 Å². The van der Waals surface area contributed by atoms with E-state index in [-0.39, 0.29) is 22.6 Å². The number of carbonyl (C=O) groups is 2. The highest BCUT2D eigenvalue weighted by atomic mass is 32.2. The third-order valence-electron chi connectivity index (χ3n) is 3.17. The Hall–Kier alpha value is -2.54. The molecule has 0 radical (unpaired) electrons. The van der Waals surface area contributed by atoms with Crippen LogP contribution >= 0.6 is 11.8 Å². The molecule has 0 atom stereocenters. The van der Waals surface area contributed by atoms with Gasteiger partial charge >= 0.3 is 11.9 Å². The van der Waals surface area contributed by atoms with E-state index < -0.39 is 17.8 Å². The number of esters is 1. The number of thioether (sulfide) groups is 1. The number of benzene rings is 2. The summed E-state index contributed by atoms with van der Waals surface area (Å²) in [5.41, 5.74) is 0.739. The summed E-state index contributed by atoms with van der Waals surface area (Å²) in [6, 6.07) is 7.66. The van der Waals surface area contributed by atoms with Crippen molar-refractivity contribution in [2.45, 2.75) is 5.75 Å². The van der Waals surface area contributed by atoms with E-state index in [2.05, 4.69) is 0 Å². The highest BCUT2D eigenvalue weighted by Gasteiger charge is 2.19. The second-order valence-electron chi connectivity index (χ2n) is 4.80. The van der Waals surface area contributed by atoms with Crippen molar-refractivity contribution < 1.29 is 28.6 Å². The molecule has 5 nitrogen and oxygen atoms in total. The lowest BCUT2D eigenvalue weighted by Gasteiger charge is -2.14. The van der Waals surface area contributed by atoms with Crippen LogP contribution in [0.1, 0.15) is 26.3 Å². The molecule has 0 saturated carbocycles. The molecule has 0 bridgehead atoms. The normalized spacial score (nSPS) is 10.3. The van der Waals surface area contributed by atoms with Crippen LogP contribution in [0.3, 0.4) is 0 Å². The van der Waals surface area contributed by atoms with Crippen LogP contribution in [0.15, 0.2) is 36.4 Å². The first kappa shape index (κ1) is 17.8. The first-order valence-corrected chi connectivity index (χ1v) is 8.26. The molecule has 2 aromatic rings. The zero-order chi connectivity index (χ0) is 17.7. The maximum absolute atomic E-state index is 12.9. The second-order valence-corrected chi connectivity index (χ2v) is 5.67. The molecular formula is C17H15FO5S. The van der Waals surface area contributed by atoms with Crippen LogP contribution < -0.4 is 9.47 Å². The molecule has 0 saturated heterocycles. The Labute approximate surface area is 142 Å². The minimum Gasteiger partial charge on any atom is -0.493 e. The fourth-order valence-corrected chi connectivity index (χ4v) is 2.58. The molecule has 0 aliphatic carbocycles. The van der Waals surface area contributed by atoms with Gasteiger partial charge < -0.3 is 14.6 Å². The van der Waals surface area contributed by atoms with Crippen molar-refractivity contribution in [1.82, 2.24) is 0 Å². The number of rotatable bonds is 6. The molecule has 0 spiro atoms. The van der Waals surface area contributed by atoms with Gasteiger partial charge in [0.15, 0.2) is 11.5 Å². The van der Waals surface area contributed by atoms with Crippen LogP contribution in [0.25, 0.3) is 0 Å². The third kappa shape index (κ3) is 4.05. The van der Waals surface area contributed by atoms with Crippen LogP contribution in [-0.2, 0) is 5.75 Å². The lowest BCUT2D eigenvalue weighted by Crippen LogP contribution is -2.11. The van der Waals surface area contributed by atoms with Crippen LogP contribution in [0.4, 0.5) is 4.39 Å². The largest absolute Gasteiger partial charge is 0.493 e. The van der Waals surface area contributed by atoms with Crippen molar-refractivity contribution in [3.63, 3.8) is 0 Å². The predicted octanol–water partition coefficient (Wildman–Crippen LogP) is 3.61. The molecule has 0 aliphatic heterocycles. The van der Waals surface area contributed by atoms with Gasteiger partial charge in [-0.15, -0.1) is 0 Å². The van der Waals surface area contributed by atoms with Gasteiger partial charge in [-0.25, -0.2) is 14.0 Å². The Bertz CT molecular complexity index is 758. The molecule has 0 heterocycles. The van der Waals surface area contributed by atoms with E-state index in [0.29, 0.717) is 11.3 Å². The summed E-state index contributed by atoms with van der Waals surface area (Å²) in [7, 11) is 1.36. The molecule has 0 fully saturated rings. The second kappa shape index (κ2) is 7.83. The number of carbonyl (C=O) groups excluding carboxylic acids is 1. The van der Waals surface area contributed by atoms with E-state index in [9.17, 15) is 14.0 Å². The first-order chi connectivity index (χ1) is 11.5. The number of carboxylic acid groups (broad SMARTS) is 1. The van der Waals surface area contributed by atoms with Gasteiger partial charge in [-0.1, -0.05) is 0 Å². The van der Waals surface area contributed by atoms with E-state index in [1.54, 1.807) is 0 Å². The number of carboxylic acids is 1. The molecule has 0 aromatic heterocycles. The summed E-state index contributed by atoms with van der Waals surface area (Å²) in [6.45, 7) is 0. The van der Waals surface area contributed by atoms with E-state index in [1.807, 2.05) is 6.26 Å². The number of ether oxygens (including phenoxy) is 2. The van der Waals surface area contributed by atoms with Gasteiger partial charge in [0.25, 0.3) is 0 Å². The van der Waals surface area contributed by atoms with Crippen molar-refractivity contribution in [2.24, 2.45) is 0 Å². The number of aromatic carboxylic acids is 1. The van der Waals surface area contributed by atoms with Crippen molar-refractivity contribution >= 4 is 23.7 Å². The Morgan fingerprint density at radius 3 is 2.38 bits per heavy atom. The Morgan fingerprint density at radius 1 is 1.17 bits per heavy atom. The van der Waals surface area contributed by atoms with Gasteiger partial charge in [0.1, 0.15) is 5.82 Å². The number of methoxy groups -OCH3 is 1. The molecule has 0 aliphatic rings. The number of halogens is 1. The molecule has 2 rings (SSSR count). The van der Waals surface area contributed by atoms with Crippen molar-refractivity contribution in [3.8, 4) is 11.5 Å². The number of hydrogen-bond acceptors (Lipinski definition) is 5. The van der Waals surface area contributed by atoms with E-state index in [1.165, 1.54) is 43.1 Å². The lowest BCUT2D eigenvalue weighted by atomic mass is 10.1. The van der Waals surface area contributed by atoms with E-state index >= 15 is 0 Å². The Kier molecular flexibility index (Phi) is 5.81. The minimum atomic E-state index is -1.10. The Morgan fingerprint density at radius 2 is 1.83 bits per heavy atom. The predicted molar refractivity (Wildman–Crippen MR) is 88.5 cm³/mol. The summed E-state index contributed by atoms with van der Waals surface area (Å²) in [6.07, 6.45) is 1.84. The quantitative estimate of drug-likeness (QED) is 0.634. The third-order valence-corrected chi connectivity index (χ3v) is 3.77. The van der Waals surface area contributed by atoms with Gasteiger partial charge in [0, 0.05) is 11.3 Å². The molecule has 0 unspecified atom stereocenters. The highest BCUT2D eigenvalue weighted by molar-refractivity contribution is 7.97. The van der Waals surface area contributed by atoms with Crippen LogP contribution in [0, 0.1) is 5.82 Å². The molecule has 1 N–H and O–H groups in total. The minimum absolute atomic E-state index is 0.0393. The van der Waals surface area contributed by atoms with Crippen LogP contribution in [0.2, 0.25) is 0 Å². The van der Waals surface area contributed by atoms with Crippen molar-refractivity contribution in [3.05, 3.63) is 58.9 Å². The van der Waals surface area contributed by atoms with Crippen molar-refractivity contribution in [1.29, 1.82) is 0 Å². The molecule has 126 valence electrons. The van der Waals surface area contributed by atoms with Gasteiger partial charge in [-0.2, -0.15) is 11.8 Å². The van der Waals surface area contributed by atoms with Crippen LogP contribution in [0.5, 0.6) is 11.5 Å². The lowest BCUT2D eigenvalue weighted by molar-refractivity contribution is 0.0696. The standard InChI is InChI=1S/C17H15FO5S/c1-22-14-8-11(16(19)20)7-12(9-24-2)15(14)23-17(21)10-3-5-13(18)6-4-10/h3-8H,9H2,1-2H3,(H,19,20). The summed E-state index contributed by atoms with van der Waals surface area (Å²) in [5.74, 6) is -1.51. The van der Waals surface area contributed by atoms with Gasteiger partial charge in [0.2, 0.25) is 0 Å². The zero-order valence-corrected chi connectivity index (χ0v) is 13.9. The zero-order valence-electron chi connectivity index (χ0n) is 13.0. The van der Waals surface area contributed by atoms with Crippen molar-refractivity contribution in [2.75, 3.05) is 13.4 Å². The maximum atomic E-state index is 12.9. The maximum Gasteiger partial charge on any atom is 0.343 e. The molecular weight excluding hydrogens is 335 g/mol. The summed E-state index contributed by atoms with van der Waals surface area (Å²) in [5, 5.41) is 9.17. The van der Waals surface area contributed by atoms with E-state index in [4.69, 9.17) is 14.6 Å². The molecule has 0 amide bonds. The SMILES string of the molecule is COc1cc(C(=O)O)cc(CSC)c1OC(=O)c1ccc(F)cc1. The molecule has 7 heteroatoms. The summed E-state index contributed by atoms with van der Waals surface area (Å²) in [4.78, 5) is 23.5. The van der Waals surface area contributed by atoms with Gasteiger partial charge in [0.05, 0.1) is 18.2 Å². The highest BCUT2D eigenvalue weighted by Crippen LogP contribution is 2.35. The first-order valence-electron chi connectivity index (χ1n) is 6.87. The summed E-state index contributed by atoms with van der Waals surface area (Å²) < 4.78 is 23.5. The smallest absolute Gasteiger partial charge is 0.343 e. The van der Waals surface area contributed by atoms with Crippen LogP contribution in [-0.4, -0.2) is 30.4 Å². The summed E-state index contributed by atoms with van der Waals surface area (Å²) >= 11 is 1.44. The Balaban J connectivity index is 2.41. The molecule has 24 heavy (non-hydrogen) atoms. The van der Waals surface area contributed by atoms with E-state index in [0.717, 1.165) is 12.1 Å². The average Bonchev–Trinajstić information content (AvgIpc) is 2.56. The average molecular weight is 350 g/mol. The number of hydrogen-bond donors (Lipinski definition) is 1. The van der Waals surface area contributed by atoms with Gasteiger partial charge in [-0.05, 0) is 42.7 Å². The van der Waals surface area contributed by atoms with Gasteiger partial charge in [-0.3, -0.25) is 0 Å². The fraction of sp³-hybridized carbons (Fsp3) is 0.176. The fourth-order valence-electron chi connectivity index (χ4n) is 2.05. The monoisotopic (exact) mass is 350 g/mol. The molecule has 2 aromatic carbocycles.